The second-order valence-electron chi connectivity index (χ2n) is 4.81. The Labute approximate surface area is 127 Å². The number of sulfonamides is 1. The lowest BCUT2D eigenvalue weighted by Gasteiger charge is -2.12. The van der Waals surface area contributed by atoms with Gasteiger partial charge in [-0.3, -0.25) is 0 Å². The minimum absolute atomic E-state index is 0.0404. The van der Waals surface area contributed by atoms with Crippen molar-refractivity contribution in [2.75, 3.05) is 14.1 Å². The molecule has 7 heteroatoms. The molecule has 116 valence electrons. The Morgan fingerprint density at radius 1 is 1.09 bits per heavy atom. The molecule has 1 N–H and O–H groups in total. The molecule has 0 radical (unpaired) electrons. The second-order valence-corrected chi connectivity index (χ2v) is 6.96. The predicted octanol–water partition coefficient (Wildman–Crippen LogP) is 2.44. The van der Waals surface area contributed by atoms with Gasteiger partial charge in [0.2, 0.25) is 10.0 Å². The fraction of sp³-hybridized carbons (Fsp3) is 0.133. The van der Waals surface area contributed by atoms with Gasteiger partial charge < -0.3 is 5.11 Å². The largest absolute Gasteiger partial charge is 0.478 e. The number of hydrogen-bond donors (Lipinski definition) is 1. The highest BCUT2D eigenvalue weighted by Crippen LogP contribution is 2.26. The first kappa shape index (κ1) is 16.1. The Morgan fingerprint density at radius 2 is 1.68 bits per heavy atom. The SMILES string of the molecule is CN(C)S(=O)(=O)c1ccc(-c2cc(C(=O)O)ccc2F)cc1. The molecular formula is C15H14FNO4S. The normalized spacial score (nSPS) is 11.6. The van der Waals surface area contributed by atoms with Crippen LogP contribution in [0.15, 0.2) is 47.4 Å². The first-order chi connectivity index (χ1) is 10.2. The van der Waals surface area contributed by atoms with Crippen LogP contribution in [0.25, 0.3) is 11.1 Å². The fourth-order valence-electron chi connectivity index (χ4n) is 1.90. The van der Waals surface area contributed by atoms with E-state index in [1.807, 2.05) is 0 Å². The van der Waals surface area contributed by atoms with E-state index in [9.17, 15) is 17.6 Å². The second kappa shape index (κ2) is 5.86. The van der Waals surface area contributed by atoms with Crippen molar-refractivity contribution in [1.82, 2.24) is 4.31 Å². The zero-order chi connectivity index (χ0) is 16.5. The lowest BCUT2D eigenvalue weighted by molar-refractivity contribution is 0.0697. The summed E-state index contributed by atoms with van der Waals surface area (Å²) in [5, 5.41) is 8.95. The summed E-state index contributed by atoms with van der Waals surface area (Å²) in [7, 11) is -0.730. The monoisotopic (exact) mass is 323 g/mol. The fourth-order valence-corrected chi connectivity index (χ4v) is 2.80. The van der Waals surface area contributed by atoms with E-state index in [1.165, 1.54) is 50.5 Å². The first-order valence-corrected chi connectivity index (χ1v) is 7.73. The van der Waals surface area contributed by atoms with E-state index < -0.39 is 21.8 Å². The molecule has 0 aliphatic heterocycles. The highest BCUT2D eigenvalue weighted by Gasteiger charge is 2.17. The van der Waals surface area contributed by atoms with Crippen molar-refractivity contribution in [3.05, 3.63) is 53.8 Å². The molecule has 5 nitrogen and oxygen atoms in total. The molecule has 2 aromatic carbocycles. The smallest absolute Gasteiger partial charge is 0.335 e. The van der Waals surface area contributed by atoms with Crippen LogP contribution in [0.1, 0.15) is 10.4 Å². The number of rotatable bonds is 4. The average molecular weight is 323 g/mol. The molecule has 0 atom stereocenters. The molecule has 0 amide bonds. The Morgan fingerprint density at radius 3 is 2.18 bits per heavy atom. The van der Waals surface area contributed by atoms with Gasteiger partial charge >= 0.3 is 5.97 Å². The molecule has 0 saturated carbocycles. The summed E-state index contributed by atoms with van der Waals surface area (Å²) < 4.78 is 38.9. The molecule has 0 aromatic heterocycles. The molecule has 0 spiro atoms. The van der Waals surface area contributed by atoms with Gasteiger partial charge in [-0.05, 0) is 35.9 Å². The highest BCUT2D eigenvalue weighted by atomic mass is 32.2. The van der Waals surface area contributed by atoms with E-state index >= 15 is 0 Å². The van der Waals surface area contributed by atoms with Gasteiger partial charge in [-0.1, -0.05) is 12.1 Å². The molecular weight excluding hydrogens is 309 g/mol. The molecule has 22 heavy (non-hydrogen) atoms. The van der Waals surface area contributed by atoms with Crippen LogP contribution in [-0.2, 0) is 10.0 Å². The number of aromatic carboxylic acids is 1. The summed E-state index contributed by atoms with van der Waals surface area (Å²) in [5.41, 5.74) is 0.466. The van der Waals surface area contributed by atoms with E-state index in [-0.39, 0.29) is 16.0 Å². The maximum Gasteiger partial charge on any atom is 0.335 e. The van der Waals surface area contributed by atoms with E-state index in [0.717, 1.165) is 10.4 Å². The summed E-state index contributed by atoms with van der Waals surface area (Å²) in [6, 6.07) is 9.07. The summed E-state index contributed by atoms with van der Waals surface area (Å²) in [4.78, 5) is 11.0. The molecule has 0 unspecified atom stereocenters. The third-order valence-electron chi connectivity index (χ3n) is 3.16. The number of nitrogens with zero attached hydrogens (tertiary/aromatic N) is 1. The van der Waals surface area contributed by atoms with Gasteiger partial charge in [0.05, 0.1) is 10.5 Å². The zero-order valence-corrected chi connectivity index (χ0v) is 12.8. The molecule has 0 fully saturated rings. The average Bonchev–Trinajstić information content (AvgIpc) is 2.47. The molecule has 2 rings (SSSR count). The van der Waals surface area contributed by atoms with E-state index in [2.05, 4.69) is 0 Å². The third kappa shape index (κ3) is 3.00. The van der Waals surface area contributed by atoms with Crippen LogP contribution in [-0.4, -0.2) is 37.9 Å². The van der Waals surface area contributed by atoms with Gasteiger partial charge in [0, 0.05) is 19.7 Å². The van der Waals surface area contributed by atoms with Gasteiger partial charge in [-0.15, -0.1) is 0 Å². The van der Waals surface area contributed by atoms with E-state index in [0.29, 0.717) is 5.56 Å². The lowest BCUT2D eigenvalue weighted by atomic mass is 10.0. The standard InChI is InChI=1S/C15H14FNO4S/c1-17(2)22(20,21)12-6-3-10(4-7-12)13-9-11(15(18)19)5-8-14(13)16/h3-9H,1-2H3,(H,18,19). The summed E-state index contributed by atoms with van der Waals surface area (Å²) >= 11 is 0. The minimum Gasteiger partial charge on any atom is -0.478 e. The van der Waals surface area contributed by atoms with E-state index in [4.69, 9.17) is 5.11 Å². The van der Waals surface area contributed by atoms with Gasteiger partial charge in [-0.2, -0.15) is 0 Å². The van der Waals surface area contributed by atoms with Crippen LogP contribution in [0.5, 0.6) is 0 Å². The van der Waals surface area contributed by atoms with Crippen molar-refractivity contribution in [3.63, 3.8) is 0 Å². The maximum atomic E-state index is 13.9. The predicted molar refractivity (Wildman–Crippen MR) is 79.7 cm³/mol. The van der Waals surface area contributed by atoms with Crippen molar-refractivity contribution >= 4 is 16.0 Å². The van der Waals surface area contributed by atoms with Crippen LogP contribution in [0.3, 0.4) is 0 Å². The number of benzene rings is 2. The van der Waals surface area contributed by atoms with Gasteiger partial charge in [0.15, 0.2) is 0 Å². The number of carboxylic acids is 1. The van der Waals surface area contributed by atoms with Gasteiger partial charge in [-0.25, -0.2) is 21.9 Å². The van der Waals surface area contributed by atoms with Crippen molar-refractivity contribution in [1.29, 1.82) is 0 Å². The molecule has 2 aromatic rings. The highest BCUT2D eigenvalue weighted by molar-refractivity contribution is 7.89. The summed E-state index contributed by atoms with van der Waals surface area (Å²) in [5.74, 6) is -1.73. The summed E-state index contributed by atoms with van der Waals surface area (Å²) in [6.07, 6.45) is 0. The maximum absolute atomic E-state index is 13.9. The Bertz CT molecular complexity index is 814. The Hall–Kier alpha value is -2.25. The quantitative estimate of drug-likeness (QED) is 0.938. The molecule has 0 heterocycles. The molecule has 0 bridgehead atoms. The van der Waals surface area contributed by atoms with Crippen LogP contribution in [0, 0.1) is 5.82 Å². The summed E-state index contributed by atoms with van der Waals surface area (Å²) in [6.45, 7) is 0. The number of hydrogen-bond acceptors (Lipinski definition) is 3. The third-order valence-corrected chi connectivity index (χ3v) is 4.99. The first-order valence-electron chi connectivity index (χ1n) is 6.29. The number of halogens is 1. The minimum atomic E-state index is -3.56. The van der Waals surface area contributed by atoms with Crippen molar-refractivity contribution < 1.29 is 22.7 Å². The number of carbonyl (C=O) groups is 1. The lowest BCUT2D eigenvalue weighted by Crippen LogP contribution is -2.22. The topological polar surface area (TPSA) is 74.7 Å². The molecule has 0 saturated heterocycles. The Kier molecular flexibility index (Phi) is 4.30. The zero-order valence-electron chi connectivity index (χ0n) is 11.9. The van der Waals surface area contributed by atoms with Crippen LogP contribution in [0.2, 0.25) is 0 Å². The van der Waals surface area contributed by atoms with Crippen molar-refractivity contribution in [2.24, 2.45) is 0 Å². The van der Waals surface area contributed by atoms with E-state index in [1.54, 1.807) is 0 Å². The van der Waals surface area contributed by atoms with Gasteiger partial charge in [0.1, 0.15) is 5.82 Å². The molecule has 0 aliphatic carbocycles. The number of carboxylic acid groups (broad SMARTS) is 1. The van der Waals surface area contributed by atoms with Crippen LogP contribution in [0.4, 0.5) is 4.39 Å². The van der Waals surface area contributed by atoms with Gasteiger partial charge in [0.25, 0.3) is 0 Å². The van der Waals surface area contributed by atoms with Crippen molar-refractivity contribution in [3.8, 4) is 11.1 Å². The Balaban J connectivity index is 2.48. The van der Waals surface area contributed by atoms with Crippen molar-refractivity contribution in [2.45, 2.75) is 4.90 Å². The van der Waals surface area contributed by atoms with Crippen LogP contribution < -0.4 is 0 Å². The van der Waals surface area contributed by atoms with Crippen LogP contribution >= 0.6 is 0 Å². The molecule has 0 aliphatic rings.